The molecule has 1 saturated heterocycles. The Morgan fingerprint density at radius 2 is 1.93 bits per heavy atom. The number of likely N-dealkylation sites (tertiary alicyclic amines) is 1. The van der Waals surface area contributed by atoms with E-state index in [9.17, 15) is 14.4 Å². The first-order chi connectivity index (χ1) is 13.4. The third-order valence-electron chi connectivity index (χ3n) is 4.51. The van der Waals surface area contributed by atoms with Crippen molar-refractivity contribution in [1.82, 2.24) is 20.4 Å². The Bertz CT molecular complexity index is 894. The lowest BCUT2D eigenvalue weighted by atomic mass is 10.1. The molecule has 3 rings (SSSR count). The molecular formula is C18H19Cl2N5O3. The maximum Gasteiger partial charge on any atom is 0.271 e. The predicted octanol–water partition coefficient (Wildman–Crippen LogP) is 2.71. The Morgan fingerprint density at radius 3 is 2.61 bits per heavy atom. The molecule has 10 heteroatoms. The number of nitrogens with zero attached hydrogens (tertiary/aromatic N) is 2. The van der Waals surface area contributed by atoms with E-state index >= 15 is 0 Å². The van der Waals surface area contributed by atoms with Gasteiger partial charge < -0.3 is 15.5 Å². The standard InChI is InChI=1S/C18H19Cl2N5O3/c1-10(26)25-7-3-4-11(9-25)22-18(28)16-14(8-21-24-16)23-17(27)15-12(19)5-2-6-13(15)20/h2,5-6,8,11H,3-4,7,9H2,1H3,(H,21,24)(H,22,28)(H,23,27)/t11-/m0/s1. The fraction of sp³-hybridized carbons (Fsp3) is 0.333. The van der Waals surface area contributed by atoms with Crippen LogP contribution in [0.4, 0.5) is 5.69 Å². The zero-order valence-electron chi connectivity index (χ0n) is 15.1. The van der Waals surface area contributed by atoms with Gasteiger partial charge in [-0.3, -0.25) is 19.5 Å². The second-order valence-corrected chi connectivity index (χ2v) is 7.30. The summed E-state index contributed by atoms with van der Waals surface area (Å²) in [6, 6.07) is 4.56. The molecule has 1 fully saturated rings. The zero-order valence-corrected chi connectivity index (χ0v) is 16.6. The number of halogens is 2. The molecule has 0 spiro atoms. The first kappa shape index (κ1) is 20.2. The third kappa shape index (κ3) is 4.45. The molecule has 2 heterocycles. The molecule has 1 aromatic heterocycles. The van der Waals surface area contributed by atoms with Gasteiger partial charge >= 0.3 is 0 Å². The highest BCUT2D eigenvalue weighted by atomic mass is 35.5. The van der Waals surface area contributed by atoms with Gasteiger partial charge in [0.05, 0.1) is 27.5 Å². The Labute approximate surface area is 171 Å². The molecule has 3 N–H and O–H groups in total. The van der Waals surface area contributed by atoms with E-state index in [-0.39, 0.29) is 38.9 Å². The van der Waals surface area contributed by atoms with Crippen LogP contribution in [0.15, 0.2) is 24.4 Å². The van der Waals surface area contributed by atoms with Crippen LogP contribution in [0.2, 0.25) is 10.0 Å². The number of carbonyl (C=O) groups is 3. The van der Waals surface area contributed by atoms with E-state index in [1.54, 1.807) is 23.1 Å². The molecule has 2 aromatic rings. The van der Waals surface area contributed by atoms with E-state index in [0.717, 1.165) is 12.8 Å². The monoisotopic (exact) mass is 423 g/mol. The molecule has 1 aliphatic heterocycles. The second kappa shape index (κ2) is 8.62. The number of carbonyl (C=O) groups excluding carboxylic acids is 3. The highest BCUT2D eigenvalue weighted by Gasteiger charge is 2.25. The number of amides is 3. The normalized spacial score (nSPS) is 16.5. The van der Waals surface area contributed by atoms with E-state index in [4.69, 9.17) is 23.2 Å². The van der Waals surface area contributed by atoms with Gasteiger partial charge in [0.1, 0.15) is 5.69 Å². The molecule has 3 amide bonds. The van der Waals surface area contributed by atoms with Gasteiger partial charge in [0, 0.05) is 26.1 Å². The molecule has 148 valence electrons. The number of hydrogen-bond donors (Lipinski definition) is 3. The quantitative estimate of drug-likeness (QED) is 0.702. The largest absolute Gasteiger partial charge is 0.346 e. The zero-order chi connectivity index (χ0) is 20.3. The van der Waals surface area contributed by atoms with Crippen LogP contribution in [0.3, 0.4) is 0 Å². The lowest BCUT2D eigenvalue weighted by molar-refractivity contribution is -0.130. The van der Waals surface area contributed by atoms with Gasteiger partial charge in [0.25, 0.3) is 11.8 Å². The van der Waals surface area contributed by atoms with Crippen molar-refractivity contribution in [3.05, 3.63) is 45.7 Å². The molecule has 0 unspecified atom stereocenters. The first-order valence-electron chi connectivity index (χ1n) is 8.72. The maximum atomic E-state index is 12.6. The summed E-state index contributed by atoms with van der Waals surface area (Å²) < 4.78 is 0. The van der Waals surface area contributed by atoms with Gasteiger partial charge in [-0.25, -0.2) is 0 Å². The predicted molar refractivity (Wildman–Crippen MR) is 106 cm³/mol. The number of benzene rings is 1. The van der Waals surface area contributed by atoms with Crippen molar-refractivity contribution in [3.63, 3.8) is 0 Å². The number of piperidine rings is 1. The van der Waals surface area contributed by atoms with Crippen LogP contribution < -0.4 is 10.6 Å². The van der Waals surface area contributed by atoms with Gasteiger partial charge in [0.2, 0.25) is 5.91 Å². The first-order valence-corrected chi connectivity index (χ1v) is 9.47. The average molecular weight is 424 g/mol. The van der Waals surface area contributed by atoms with Gasteiger partial charge in [-0.05, 0) is 25.0 Å². The summed E-state index contributed by atoms with van der Waals surface area (Å²) in [4.78, 5) is 38.4. The fourth-order valence-corrected chi connectivity index (χ4v) is 3.66. The van der Waals surface area contributed by atoms with E-state index in [1.807, 2.05) is 0 Å². The highest BCUT2D eigenvalue weighted by molar-refractivity contribution is 6.40. The van der Waals surface area contributed by atoms with Crippen LogP contribution in [0.1, 0.15) is 40.6 Å². The van der Waals surface area contributed by atoms with E-state index in [0.29, 0.717) is 13.1 Å². The molecule has 28 heavy (non-hydrogen) atoms. The minimum absolute atomic E-state index is 0.0231. The smallest absolute Gasteiger partial charge is 0.271 e. The van der Waals surface area contributed by atoms with Crippen LogP contribution in [0.25, 0.3) is 0 Å². The van der Waals surface area contributed by atoms with Crippen LogP contribution in [-0.2, 0) is 4.79 Å². The van der Waals surface area contributed by atoms with Crippen LogP contribution in [-0.4, -0.2) is 52.0 Å². The molecule has 1 aromatic carbocycles. The molecule has 0 aliphatic carbocycles. The van der Waals surface area contributed by atoms with Gasteiger partial charge in [-0.2, -0.15) is 5.10 Å². The molecule has 0 saturated carbocycles. The summed E-state index contributed by atoms with van der Waals surface area (Å²) in [5.74, 6) is -0.995. The molecule has 0 radical (unpaired) electrons. The van der Waals surface area contributed by atoms with E-state index in [1.165, 1.54) is 13.1 Å². The second-order valence-electron chi connectivity index (χ2n) is 6.49. The number of aromatic nitrogens is 2. The lowest BCUT2D eigenvalue weighted by Gasteiger charge is -2.32. The number of H-pyrrole nitrogens is 1. The van der Waals surface area contributed by atoms with Crippen LogP contribution in [0, 0.1) is 0 Å². The topological polar surface area (TPSA) is 107 Å². The summed E-state index contributed by atoms with van der Waals surface area (Å²) in [6.45, 7) is 2.64. The lowest BCUT2D eigenvalue weighted by Crippen LogP contribution is -2.49. The number of anilines is 1. The van der Waals surface area contributed by atoms with Crippen molar-refractivity contribution < 1.29 is 14.4 Å². The van der Waals surface area contributed by atoms with Crippen molar-refractivity contribution in [2.45, 2.75) is 25.8 Å². The molecule has 8 nitrogen and oxygen atoms in total. The average Bonchev–Trinajstić information content (AvgIpc) is 3.10. The van der Waals surface area contributed by atoms with E-state index in [2.05, 4.69) is 20.8 Å². The highest BCUT2D eigenvalue weighted by Crippen LogP contribution is 2.25. The van der Waals surface area contributed by atoms with Crippen LogP contribution >= 0.6 is 23.2 Å². The van der Waals surface area contributed by atoms with Gasteiger partial charge in [-0.1, -0.05) is 29.3 Å². The minimum atomic E-state index is -0.550. The molecule has 1 atom stereocenters. The Morgan fingerprint density at radius 1 is 1.21 bits per heavy atom. The Kier molecular flexibility index (Phi) is 6.21. The Hall–Kier alpha value is -2.58. The number of rotatable bonds is 4. The van der Waals surface area contributed by atoms with Crippen molar-refractivity contribution in [2.75, 3.05) is 18.4 Å². The SMILES string of the molecule is CC(=O)N1CCC[C@H](NC(=O)c2[nH]ncc2NC(=O)c2c(Cl)cccc2Cl)C1. The van der Waals surface area contributed by atoms with Crippen LogP contribution in [0.5, 0.6) is 0 Å². The van der Waals surface area contributed by atoms with Crippen molar-refractivity contribution >= 4 is 46.6 Å². The van der Waals surface area contributed by atoms with Gasteiger partial charge in [-0.15, -0.1) is 0 Å². The summed E-state index contributed by atoms with van der Waals surface area (Å²) in [7, 11) is 0. The Balaban J connectivity index is 1.70. The molecule has 1 aliphatic rings. The minimum Gasteiger partial charge on any atom is -0.346 e. The number of hydrogen-bond acceptors (Lipinski definition) is 4. The van der Waals surface area contributed by atoms with Gasteiger partial charge in [0.15, 0.2) is 0 Å². The summed E-state index contributed by atoms with van der Waals surface area (Å²) in [5.41, 5.74) is 0.428. The summed E-state index contributed by atoms with van der Waals surface area (Å²) in [6.07, 6.45) is 2.91. The molecular weight excluding hydrogens is 405 g/mol. The van der Waals surface area contributed by atoms with E-state index < -0.39 is 11.8 Å². The van der Waals surface area contributed by atoms with Crippen molar-refractivity contribution in [2.24, 2.45) is 0 Å². The van der Waals surface area contributed by atoms with Crippen molar-refractivity contribution in [1.29, 1.82) is 0 Å². The number of aromatic amines is 1. The number of nitrogens with one attached hydrogen (secondary N) is 3. The molecule has 0 bridgehead atoms. The fourth-order valence-electron chi connectivity index (χ4n) is 3.09. The summed E-state index contributed by atoms with van der Waals surface area (Å²) in [5, 5.41) is 12.3. The summed E-state index contributed by atoms with van der Waals surface area (Å²) >= 11 is 12.1. The third-order valence-corrected chi connectivity index (χ3v) is 5.14. The maximum absolute atomic E-state index is 12.6. The van der Waals surface area contributed by atoms with Crippen molar-refractivity contribution in [3.8, 4) is 0 Å².